The molecular weight excluding hydrogens is 220 g/mol. The van der Waals surface area contributed by atoms with E-state index in [1.807, 2.05) is 0 Å². The maximum absolute atomic E-state index is 11.4. The monoisotopic (exact) mass is 232 g/mol. The van der Waals surface area contributed by atoms with Gasteiger partial charge in [0.15, 0.2) is 0 Å². The average Bonchev–Trinajstić information content (AvgIpc) is 2.54. The molecule has 0 atom stereocenters. The summed E-state index contributed by atoms with van der Waals surface area (Å²) >= 11 is 0. The van der Waals surface area contributed by atoms with Crippen LogP contribution >= 0.6 is 0 Å². The first-order valence-electron chi connectivity index (χ1n) is 5.58. The molecule has 88 valence electrons. The van der Waals surface area contributed by atoms with E-state index in [1.165, 1.54) is 0 Å². The van der Waals surface area contributed by atoms with Gasteiger partial charge in [-0.2, -0.15) is 0 Å². The first-order chi connectivity index (χ1) is 8.12. The fraction of sp³-hybridized carbons (Fsp3) is 0.333. The van der Waals surface area contributed by atoms with E-state index in [0.717, 1.165) is 12.0 Å². The van der Waals surface area contributed by atoms with Crippen molar-refractivity contribution < 1.29 is 9.90 Å². The summed E-state index contributed by atoms with van der Waals surface area (Å²) in [6.07, 6.45) is 2.28. The Morgan fingerprint density at radius 1 is 1.24 bits per heavy atom. The minimum Gasteiger partial charge on any atom is -0.481 e. The molecule has 5 nitrogen and oxygen atoms in total. The number of carboxylic acid groups (broad SMARTS) is 1. The molecule has 1 fully saturated rings. The summed E-state index contributed by atoms with van der Waals surface area (Å²) in [5.41, 5.74) is 1.13. The van der Waals surface area contributed by atoms with Crippen LogP contribution in [0.4, 0.5) is 0 Å². The smallest absolute Gasteiger partial charge is 0.323 e. The molecule has 0 bridgehead atoms. The molecule has 1 aliphatic carbocycles. The summed E-state index contributed by atoms with van der Waals surface area (Å²) in [6.45, 7) is 0. The van der Waals surface area contributed by atoms with Crippen LogP contribution in [0.5, 0.6) is 0 Å². The Kier molecular flexibility index (Phi) is 1.92. The molecule has 1 aromatic carbocycles. The Morgan fingerprint density at radius 3 is 2.53 bits per heavy atom. The average molecular weight is 232 g/mol. The number of fused-ring (bicyclic) bond motifs is 1. The number of rotatable bonds is 2. The summed E-state index contributed by atoms with van der Waals surface area (Å²) in [7, 11) is 0. The molecule has 0 radical (unpaired) electrons. The predicted molar refractivity (Wildman–Crippen MR) is 62.1 cm³/mol. The van der Waals surface area contributed by atoms with Gasteiger partial charge in [0.25, 0.3) is 0 Å². The lowest BCUT2D eigenvalue weighted by Crippen LogP contribution is -2.42. The zero-order valence-corrected chi connectivity index (χ0v) is 9.12. The third kappa shape index (κ3) is 1.32. The number of carboxylic acids is 1. The lowest BCUT2D eigenvalue weighted by molar-refractivity contribution is -0.147. The molecule has 1 saturated carbocycles. The van der Waals surface area contributed by atoms with Gasteiger partial charge < -0.3 is 15.1 Å². The van der Waals surface area contributed by atoms with Crippen molar-refractivity contribution in [2.75, 3.05) is 0 Å². The van der Waals surface area contributed by atoms with E-state index in [-0.39, 0.29) is 5.69 Å². The second kappa shape index (κ2) is 3.23. The molecule has 1 aromatic heterocycles. The van der Waals surface area contributed by atoms with Crippen molar-refractivity contribution in [3.8, 4) is 0 Å². The van der Waals surface area contributed by atoms with Crippen molar-refractivity contribution in [1.82, 2.24) is 9.97 Å². The minimum atomic E-state index is -0.777. The number of carbonyl (C=O) groups is 1. The van der Waals surface area contributed by atoms with Gasteiger partial charge in [-0.05, 0) is 30.5 Å². The highest BCUT2D eigenvalue weighted by Gasteiger charge is 2.45. The van der Waals surface area contributed by atoms with Gasteiger partial charge in [-0.1, -0.05) is 12.5 Å². The van der Waals surface area contributed by atoms with Crippen LogP contribution in [0.3, 0.4) is 0 Å². The van der Waals surface area contributed by atoms with Crippen molar-refractivity contribution >= 4 is 17.0 Å². The van der Waals surface area contributed by atoms with Crippen molar-refractivity contribution in [3.05, 3.63) is 34.2 Å². The van der Waals surface area contributed by atoms with E-state index < -0.39 is 11.4 Å². The third-order valence-electron chi connectivity index (χ3n) is 3.69. The van der Waals surface area contributed by atoms with Gasteiger partial charge in [-0.3, -0.25) is 4.79 Å². The zero-order valence-electron chi connectivity index (χ0n) is 9.12. The number of hydrogen-bond acceptors (Lipinski definition) is 2. The van der Waals surface area contributed by atoms with Crippen molar-refractivity contribution in [3.63, 3.8) is 0 Å². The van der Waals surface area contributed by atoms with Gasteiger partial charge >= 0.3 is 11.7 Å². The van der Waals surface area contributed by atoms with Crippen molar-refractivity contribution in [1.29, 1.82) is 0 Å². The van der Waals surface area contributed by atoms with E-state index in [1.54, 1.807) is 18.2 Å². The van der Waals surface area contributed by atoms with Gasteiger partial charge in [0.2, 0.25) is 0 Å². The Balaban J connectivity index is 2.17. The van der Waals surface area contributed by atoms with Crippen LogP contribution in [0.25, 0.3) is 11.0 Å². The van der Waals surface area contributed by atoms with Gasteiger partial charge in [-0.25, -0.2) is 4.79 Å². The van der Waals surface area contributed by atoms with E-state index in [4.69, 9.17) is 0 Å². The van der Waals surface area contributed by atoms with Crippen LogP contribution in [-0.4, -0.2) is 21.0 Å². The molecule has 5 heteroatoms. The normalized spacial score (nSPS) is 17.9. The number of H-pyrrole nitrogens is 2. The van der Waals surface area contributed by atoms with E-state index in [2.05, 4.69) is 9.97 Å². The van der Waals surface area contributed by atoms with Crippen LogP contribution in [0.1, 0.15) is 24.8 Å². The van der Waals surface area contributed by atoms with Crippen molar-refractivity contribution in [2.45, 2.75) is 24.7 Å². The summed E-state index contributed by atoms with van der Waals surface area (Å²) in [5.74, 6) is -0.777. The molecule has 0 unspecified atom stereocenters. The molecular formula is C12H12N2O3. The fourth-order valence-electron chi connectivity index (χ4n) is 2.49. The molecule has 3 N–H and O–H groups in total. The summed E-state index contributed by atoms with van der Waals surface area (Å²) in [5, 5.41) is 9.33. The quantitative estimate of drug-likeness (QED) is 0.730. The highest BCUT2D eigenvalue weighted by molar-refractivity contribution is 5.85. The van der Waals surface area contributed by atoms with Crippen LogP contribution < -0.4 is 5.69 Å². The lowest BCUT2D eigenvalue weighted by Gasteiger charge is -2.38. The number of benzene rings is 1. The third-order valence-corrected chi connectivity index (χ3v) is 3.69. The first-order valence-corrected chi connectivity index (χ1v) is 5.58. The molecule has 0 aliphatic heterocycles. The van der Waals surface area contributed by atoms with Gasteiger partial charge in [0.1, 0.15) is 0 Å². The largest absolute Gasteiger partial charge is 0.481 e. The lowest BCUT2D eigenvalue weighted by atomic mass is 9.64. The Morgan fingerprint density at radius 2 is 1.94 bits per heavy atom. The van der Waals surface area contributed by atoms with Gasteiger partial charge in [0, 0.05) is 0 Å². The van der Waals surface area contributed by atoms with Gasteiger partial charge in [0.05, 0.1) is 16.4 Å². The molecule has 3 rings (SSSR count). The Hall–Kier alpha value is -2.04. The minimum absolute atomic E-state index is 0.268. The molecule has 0 amide bonds. The second-order valence-electron chi connectivity index (χ2n) is 4.58. The molecule has 0 saturated heterocycles. The number of aromatic nitrogens is 2. The summed E-state index contributed by atoms with van der Waals surface area (Å²) < 4.78 is 0. The Labute approximate surface area is 96.5 Å². The molecule has 0 spiro atoms. The fourth-order valence-corrected chi connectivity index (χ4v) is 2.49. The number of imidazole rings is 1. The number of hydrogen-bond donors (Lipinski definition) is 3. The van der Waals surface area contributed by atoms with E-state index in [0.29, 0.717) is 23.9 Å². The second-order valence-corrected chi connectivity index (χ2v) is 4.58. The zero-order chi connectivity index (χ0) is 12.0. The van der Waals surface area contributed by atoms with E-state index >= 15 is 0 Å². The number of aromatic amines is 2. The number of aliphatic carboxylic acids is 1. The Bertz CT molecular complexity index is 649. The maximum Gasteiger partial charge on any atom is 0.323 e. The topological polar surface area (TPSA) is 85.9 Å². The van der Waals surface area contributed by atoms with Crippen LogP contribution in [0, 0.1) is 0 Å². The first kappa shape index (κ1) is 10.1. The summed E-state index contributed by atoms with van der Waals surface area (Å²) in [6, 6.07) is 5.31. The molecule has 1 aliphatic rings. The molecule has 1 heterocycles. The molecule has 17 heavy (non-hydrogen) atoms. The standard InChI is InChI=1S/C12H12N2O3/c15-10(16)12(4-1-5-12)7-2-3-8-9(6-7)14-11(17)13-8/h2-3,6H,1,4-5H2,(H,15,16)(H2,13,14,17). The van der Waals surface area contributed by atoms with Crippen LogP contribution in [-0.2, 0) is 10.2 Å². The maximum atomic E-state index is 11.4. The highest BCUT2D eigenvalue weighted by atomic mass is 16.4. The SMILES string of the molecule is O=C(O)C1(c2ccc3[nH]c(=O)[nH]c3c2)CCC1. The molecule has 2 aromatic rings. The van der Waals surface area contributed by atoms with Gasteiger partial charge in [-0.15, -0.1) is 0 Å². The van der Waals surface area contributed by atoms with E-state index in [9.17, 15) is 14.7 Å². The highest BCUT2D eigenvalue weighted by Crippen LogP contribution is 2.44. The van der Waals surface area contributed by atoms with Crippen LogP contribution in [0.2, 0.25) is 0 Å². The van der Waals surface area contributed by atoms with Crippen molar-refractivity contribution in [2.24, 2.45) is 0 Å². The van der Waals surface area contributed by atoms with Crippen LogP contribution in [0.15, 0.2) is 23.0 Å². The number of nitrogens with one attached hydrogen (secondary N) is 2. The summed E-state index contributed by atoms with van der Waals surface area (Å²) in [4.78, 5) is 27.8. The predicted octanol–water partition coefficient (Wildman–Crippen LogP) is 1.36.